The molecule has 0 fully saturated rings. The highest BCUT2D eigenvalue weighted by atomic mass is 32.2. The van der Waals surface area contributed by atoms with E-state index in [1.807, 2.05) is 51.1 Å². The number of aryl methyl sites for hydroxylation is 3. The van der Waals surface area contributed by atoms with E-state index in [2.05, 4.69) is 4.72 Å². The topological polar surface area (TPSA) is 64.6 Å². The van der Waals surface area contributed by atoms with Crippen LogP contribution in [-0.4, -0.2) is 28.2 Å². The summed E-state index contributed by atoms with van der Waals surface area (Å²) in [4.78, 5) is 0.375. The second-order valence-corrected chi connectivity index (χ2v) is 8.06. The molecule has 0 saturated carbocycles. The Morgan fingerprint density at radius 2 is 1.60 bits per heavy atom. The van der Waals surface area contributed by atoms with Gasteiger partial charge in [-0.1, -0.05) is 23.8 Å². The van der Waals surface area contributed by atoms with Gasteiger partial charge in [-0.25, -0.2) is 13.1 Å². The molecule has 1 aliphatic heterocycles. The highest BCUT2D eigenvalue weighted by Crippen LogP contribution is 2.30. The van der Waals surface area contributed by atoms with E-state index in [0.29, 0.717) is 31.1 Å². The van der Waals surface area contributed by atoms with Gasteiger partial charge >= 0.3 is 0 Å². The first-order chi connectivity index (χ1) is 11.9. The lowest BCUT2D eigenvalue weighted by molar-refractivity contribution is 0.171. The van der Waals surface area contributed by atoms with E-state index in [-0.39, 0.29) is 0 Å². The predicted octanol–water partition coefficient (Wildman–Crippen LogP) is 2.90. The van der Waals surface area contributed by atoms with E-state index in [0.717, 1.165) is 33.8 Å². The number of hydrogen-bond acceptors (Lipinski definition) is 4. The van der Waals surface area contributed by atoms with Crippen molar-refractivity contribution >= 4 is 10.0 Å². The SMILES string of the molecule is Cc1cc(C)c(S(=O)(=O)NCCc2ccc3c(c2)OCCO3)c(C)c1. The summed E-state index contributed by atoms with van der Waals surface area (Å²) >= 11 is 0. The highest BCUT2D eigenvalue weighted by molar-refractivity contribution is 7.89. The first kappa shape index (κ1) is 17.8. The first-order valence-corrected chi connectivity index (χ1v) is 9.81. The van der Waals surface area contributed by atoms with Crippen LogP contribution in [0.5, 0.6) is 11.5 Å². The van der Waals surface area contributed by atoms with Crippen molar-refractivity contribution in [2.75, 3.05) is 19.8 Å². The number of nitrogens with one attached hydrogen (secondary N) is 1. The van der Waals surface area contributed by atoms with E-state index >= 15 is 0 Å². The van der Waals surface area contributed by atoms with Gasteiger partial charge in [0.2, 0.25) is 10.0 Å². The van der Waals surface area contributed by atoms with Gasteiger partial charge in [-0.2, -0.15) is 0 Å². The summed E-state index contributed by atoms with van der Waals surface area (Å²) in [6, 6.07) is 9.49. The molecule has 2 aromatic carbocycles. The minimum Gasteiger partial charge on any atom is -0.486 e. The maximum absolute atomic E-state index is 12.7. The molecule has 0 bridgehead atoms. The Bertz CT molecular complexity index is 867. The van der Waals surface area contributed by atoms with Gasteiger partial charge in [0.05, 0.1) is 4.90 Å². The lowest BCUT2D eigenvalue weighted by Gasteiger charge is -2.19. The van der Waals surface area contributed by atoms with E-state index in [9.17, 15) is 8.42 Å². The van der Waals surface area contributed by atoms with Crippen LogP contribution in [0.2, 0.25) is 0 Å². The molecule has 2 aromatic rings. The largest absolute Gasteiger partial charge is 0.486 e. The van der Waals surface area contributed by atoms with Crippen molar-refractivity contribution in [2.45, 2.75) is 32.1 Å². The molecule has 0 aromatic heterocycles. The molecular formula is C19H23NO4S. The highest BCUT2D eigenvalue weighted by Gasteiger charge is 2.19. The molecule has 0 aliphatic carbocycles. The van der Waals surface area contributed by atoms with Gasteiger partial charge in [-0.15, -0.1) is 0 Å². The zero-order valence-electron chi connectivity index (χ0n) is 14.8. The smallest absolute Gasteiger partial charge is 0.241 e. The van der Waals surface area contributed by atoms with Crippen molar-refractivity contribution in [3.05, 3.63) is 52.6 Å². The number of ether oxygens (including phenoxy) is 2. The van der Waals surface area contributed by atoms with Crippen LogP contribution >= 0.6 is 0 Å². The zero-order valence-corrected chi connectivity index (χ0v) is 15.6. The molecule has 1 aliphatic rings. The first-order valence-electron chi connectivity index (χ1n) is 8.33. The van der Waals surface area contributed by atoms with Gasteiger partial charge in [-0.3, -0.25) is 0 Å². The fraction of sp³-hybridized carbons (Fsp3) is 0.368. The molecule has 3 rings (SSSR count). The van der Waals surface area contributed by atoms with Crippen LogP contribution in [0.3, 0.4) is 0 Å². The number of rotatable bonds is 5. The van der Waals surface area contributed by atoms with Gasteiger partial charge in [0.15, 0.2) is 11.5 Å². The van der Waals surface area contributed by atoms with Crippen LogP contribution in [0.15, 0.2) is 35.2 Å². The van der Waals surface area contributed by atoms with Crippen LogP contribution in [0, 0.1) is 20.8 Å². The lowest BCUT2D eigenvalue weighted by atomic mass is 10.1. The number of sulfonamides is 1. The third-order valence-corrected chi connectivity index (χ3v) is 5.95. The van der Waals surface area contributed by atoms with Crippen molar-refractivity contribution in [1.29, 1.82) is 0 Å². The Kier molecular flexibility index (Phi) is 5.01. The molecule has 0 saturated heterocycles. The predicted molar refractivity (Wildman–Crippen MR) is 97.0 cm³/mol. The van der Waals surface area contributed by atoms with Crippen LogP contribution in [-0.2, 0) is 16.4 Å². The van der Waals surface area contributed by atoms with Crippen LogP contribution < -0.4 is 14.2 Å². The summed E-state index contributed by atoms with van der Waals surface area (Å²) in [6.45, 7) is 7.04. The average Bonchev–Trinajstić information content (AvgIpc) is 2.53. The maximum Gasteiger partial charge on any atom is 0.241 e. The van der Waals surface area contributed by atoms with Gasteiger partial charge in [0, 0.05) is 6.54 Å². The summed E-state index contributed by atoms with van der Waals surface area (Å²) in [7, 11) is -3.53. The molecule has 0 amide bonds. The third kappa shape index (κ3) is 3.96. The summed E-state index contributed by atoms with van der Waals surface area (Å²) in [5, 5.41) is 0. The lowest BCUT2D eigenvalue weighted by Crippen LogP contribution is -2.27. The van der Waals surface area contributed by atoms with E-state index in [1.54, 1.807) is 0 Å². The minimum atomic E-state index is -3.53. The molecule has 1 N–H and O–H groups in total. The Morgan fingerprint density at radius 1 is 0.960 bits per heavy atom. The van der Waals surface area contributed by atoms with Crippen LogP contribution in [0.1, 0.15) is 22.3 Å². The van der Waals surface area contributed by atoms with Crippen molar-refractivity contribution < 1.29 is 17.9 Å². The molecule has 0 radical (unpaired) electrons. The Morgan fingerprint density at radius 3 is 2.28 bits per heavy atom. The van der Waals surface area contributed by atoms with Crippen LogP contribution in [0.25, 0.3) is 0 Å². The molecule has 0 unspecified atom stereocenters. The molecule has 0 spiro atoms. The molecule has 134 valence electrons. The molecule has 25 heavy (non-hydrogen) atoms. The standard InChI is InChI=1S/C19H23NO4S/c1-13-10-14(2)19(15(3)11-13)25(21,22)20-7-6-16-4-5-17-18(12-16)24-9-8-23-17/h4-5,10-12,20H,6-9H2,1-3H3. The van der Waals surface area contributed by atoms with Crippen molar-refractivity contribution in [1.82, 2.24) is 4.72 Å². The van der Waals surface area contributed by atoms with E-state index in [1.165, 1.54) is 0 Å². The molecule has 6 heteroatoms. The van der Waals surface area contributed by atoms with Crippen molar-refractivity contribution in [2.24, 2.45) is 0 Å². The van der Waals surface area contributed by atoms with Gasteiger partial charge in [0.1, 0.15) is 13.2 Å². The van der Waals surface area contributed by atoms with Gasteiger partial charge in [-0.05, 0) is 56.0 Å². The van der Waals surface area contributed by atoms with E-state index in [4.69, 9.17) is 9.47 Å². The third-order valence-electron chi connectivity index (χ3n) is 4.19. The summed E-state index contributed by atoms with van der Waals surface area (Å²) in [5.74, 6) is 1.46. The van der Waals surface area contributed by atoms with Crippen molar-refractivity contribution in [3.63, 3.8) is 0 Å². The monoisotopic (exact) mass is 361 g/mol. The second kappa shape index (κ2) is 7.06. The summed E-state index contributed by atoms with van der Waals surface area (Å²) in [6.07, 6.45) is 0.583. The second-order valence-electron chi connectivity index (χ2n) is 6.35. The quantitative estimate of drug-likeness (QED) is 0.889. The molecule has 5 nitrogen and oxygen atoms in total. The number of hydrogen-bond donors (Lipinski definition) is 1. The molecule has 0 atom stereocenters. The fourth-order valence-corrected chi connectivity index (χ4v) is 4.72. The normalized spacial score (nSPS) is 13.7. The zero-order chi connectivity index (χ0) is 18.0. The Hall–Kier alpha value is -2.05. The van der Waals surface area contributed by atoms with Crippen LogP contribution in [0.4, 0.5) is 0 Å². The van der Waals surface area contributed by atoms with Gasteiger partial charge in [0.25, 0.3) is 0 Å². The number of fused-ring (bicyclic) bond motifs is 1. The fourth-order valence-electron chi connectivity index (χ4n) is 3.24. The van der Waals surface area contributed by atoms with E-state index < -0.39 is 10.0 Å². The van der Waals surface area contributed by atoms with Gasteiger partial charge < -0.3 is 9.47 Å². The molecule has 1 heterocycles. The average molecular weight is 361 g/mol. The minimum absolute atomic E-state index is 0.328. The summed E-state index contributed by atoms with van der Waals surface area (Å²) < 4.78 is 39.1. The Labute approximate surface area is 149 Å². The number of benzene rings is 2. The maximum atomic E-state index is 12.7. The molecular weight excluding hydrogens is 338 g/mol. The Balaban J connectivity index is 1.69. The summed E-state index contributed by atoms with van der Waals surface area (Å²) in [5.41, 5.74) is 3.60. The van der Waals surface area contributed by atoms with Crippen molar-refractivity contribution in [3.8, 4) is 11.5 Å².